The van der Waals surface area contributed by atoms with Crippen molar-refractivity contribution in [3.05, 3.63) is 58.4 Å². The van der Waals surface area contributed by atoms with Gasteiger partial charge in [-0.3, -0.25) is 10.1 Å². The highest BCUT2D eigenvalue weighted by molar-refractivity contribution is 7.90. The fraction of sp³-hybridized carbons (Fsp3) is 0.190. The normalized spacial score (nSPS) is 12.7. The maximum absolute atomic E-state index is 12.6. The summed E-state index contributed by atoms with van der Waals surface area (Å²) < 4.78 is 35.0. The number of carbonyl (C=O) groups is 1. The number of ether oxygens (including phenoxy) is 1. The molecule has 10 heteroatoms. The fourth-order valence-corrected chi connectivity index (χ4v) is 4.66. The molecule has 0 aliphatic heterocycles. The number of aryl methyl sites for hydroxylation is 1. The van der Waals surface area contributed by atoms with Gasteiger partial charge in [0.2, 0.25) is 0 Å². The molecule has 0 unspecified atom stereocenters. The molecular formula is C21H18N2O6S2. The largest absolute Gasteiger partial charge is 0.481 e. The Morgan fingerprint density at radius 3 is 2.71 bits per heavy atom. The van der Waals surface area contributed by atoms with Gasteiger partial charge in [0.05, 0.1) is 15.1 Å². The molecule has 31 heavy (non-hydrogen) atoms. The number of hydrogen-bond donors (Lipinski definition) is 1. The monoisotopic (exact) mass is 458 g/mol. The molecule has 0 fully saturated rings. The Balaban J connectivity index is 1.51. The van der Waals surface area contributed by atoms with Crippen molar-refractivity contribution in [2.75, 3.05) is 11.6 Å². The van der Waals surface area contributed by atoms with Crippen LogP contribution in [-0.2, 0) is 14.6 Å². The molecule has 0 saturated heterocycles. The number of hydrogen-bond acceptors (Lipinski definition) is 8. The molecule has 1 N–H and O–H groups in total. The topological polar surface area (TPSA) is 116 Å². The summed E-state index contributed by atoms with van der Waals surface area (Å²) in [5.41, 5.74) is 1.30. The molecule has 0 aliphatic carbocycles. The van der Waals surface area contributed by atoms with Gasteiger partial charge in [0.15, 0.2) is 21.1 Å². The van der Waals surface area contributed by atoms with E-state index in [-0.39, 0.29) is 4.90 Å². The zero-order valence-electron chi connectivity index (χ0n) is 16.8. The van der Waals surface area contributed by atoms with Crippen molar-refractivity contribution < 1.29 is 22.4 Å². The molecule has 4 rings (SSSR count). The average molecular weight is 459 g/mol. The van der Waals surface area contributed by atoms with E-state index in [4.69, 9.17) is 9.15 Å². The minimum absolute atomic E-state index is 0.191. The van der Waals surface area contributed by atoms with Crippen LogP contribution in [0.2, 0.25) is 0 Å². The van der Waals surface area contributed by atoms with Gasteiger partial charge in [0, 0.05) is 23.8 Å². The molecule has 0 spiro atoms. The van der Waals surface area contributed by atoms with Crippen molar-refractivity contribution in [1.82, 2.24) is 4.98 Å². The van der Waals surface area contributed by atoms with Gasteiger partial charge in [0.25, 0.3) is 5.91 Å². The number of fused-ring (bicyclic) bond motifs is 2. The van der Waals surface area contributed by atoms with Crippen LogP contribution in [-0.4, -0.2) is 31.7 Å². The van der Waals surface area contributed by atoms with E-state index in [9.17, 15) is 18.0 Å². The quantitative estimate of drug-likeness (QED) is 0.455. The number of benzene rings is 2. The van der Waals surface area contributed by atoms with Gasteiger partial charge in [-0.05, 0) is 49.7 Å². The second-order valence-corrected chi connectivity index (χ2v) is 10.1. The Bertz CT molecular complexity index is 1490. The van der Waals surface area contributed by atoms with Crippen molar-refractivity contribution in [3.63, 3.8) is 0 Å². The second-order valence-electron chi connectivity index (χ2n) is 7.08. The van der Waals surface area contributed by atoms with Crippen LogP contribution in [0.3, 0.4) is 0 Å². The lowest BCUT2D eigenvalue weighted by atomic mass is 10.1. The molecule has 8 nitrogen and oxygen atoms in total. The van der Waals surface area contributed by atoms with E-state index >= 15 is 0 Å². The maximum atomic E-state index is 12.6. The molecule has 2 aromatic heterocycles. The number of amides is 1. The molecule has 160 valence electrons. The smallest absolute Gasteiger partial charge is 0.336 e. The van der Waals surface area contributed by atoms with Crippen LogP contribution >= 0.6 is 11.3 Å². The van der Waals surface area contributed by atoms with E-state index in [1.807, 2.05) is 6.92 Å². The van der Waals surface area contributed by atoms with E-state index in [1.165, 1.54) is 29.5 Å². The van der Waals surface area contributed by atoms with Gasteiger partial charge in [0.1, 0.15) is 11.3 Å². The van der Waals surface area contributed by atoms with Gasteiger partial charge in [-0.2, -0.15) is 0 Å². The van der Waals surface area contributed by atoms with Crippen molar-refractivity contribution >= 4 is 53.4 Å². The molecule has 4 aromatic rings. The minimum Gasteiger partial charge on any atom is -0.481 e. The number of anilines is 1. The van der Waals surface area contributed by atoms with Gasteiger partial charge >= 0.3 is 5.63 Å². The van der Waals surface area contributed by atoms with E-state index in [0.717, 1.165) is 17.2 Å². The molecule has 1 atom stereocenters. The van der Waals surface area contributed by atoms with Crippen LogP contribution in [0, 0.1) is 6.92 Å². The number of nitrogens with zero attached hydrogens (tertiary/aromatic N) is 1. The highest BCUT2D eigenvalue weighted by Crippen LogP contribution is 2.28. The van der Waals surface area contributed by atoms with Crippen LogP contribution in [0.25, 0.3) is 21.2 Å². The lowest BCUT2D eigenvalue weighted by Gasteiger charge is -2.14. The van der Waals surface area contributed by atoms with Crippen LogP contribution in [0.1, 0.15) is 12.5 Å². The fourth-order valence-electron chi connectivity index (χ4n) is 3.03. The Morgan fingerprint density at radius 2 is 1.97 bits per heavy atom. The SMILES string of the molecule is Cc1cc(=O)oc2cc(O[C@H](C)C(=O)Nc3nc4ccc(S(C)(=O)=O)cc4s3)ccc12. The molecule has 2 aromatic carbocycles. The molecule has 0 radical (unpaired) electrons. The van der Waals surface area contributed by atoms with Crippen molar-refractivity contribution in [2.24, 2.45) is 0 Å². The number of rotatable bonds is 5. The van der Waals surface area contributed by atoms with Gasteiger partial charge in [-0.1, -0.05) is 11.3 Å². The van der Waals surface area contributed by atoms with Gasteiger partial charge < -0.3 is 9.15 Å². The Morgan fingerprint density at radius 1 is 1.19 bits per heavy atom. The van der Waals surface area contributed by atoms with E-state index in [0.29, 0.717) is 26.7 Å². The minimum atomic E-state index is -3.33. The third-order valence-electron chi connectivity index (χ3n) is 4.62. The third-order valence-corrected chi connectivity index (χ3v) is 6.67. The second kappa shape index (κ2) is 7.78. The van der Waals surface area contributed by atoms with E-state index < -0.39 is 27.5 Å². The number of sulfone groups is 1. The lowest BCUT2D eigenvalue weighted by Crippen LogP contribution is -2.30. The van der Waals surface area contributed by atoms with Crippen molar-refractivity contribution in [1.29, 1.82) is 0 Å². The summed E-state index contributed by atoms with van der Waals surface area (Å²) in [4.78, 5) is 28.6. The number of aromatic nitrogens is 1. The summed E-state index contributed by atoms with van der Waals surface area (Å²) in [5.74, 6) is -0.0424. The summed E-state index contributed by atoms with van der Waals surface area (Å²) in [6, 6.07) is 11.1. The molecule has 1 amide bonds. The van der Waals surface area contributed by atoms with Gasteiger partial charge in [-0.15, -0.1) is 0 Å². The van der Waals surface area contributed by atoms with E-state index in [2.05, 4.69) is 10.3 Å². The molecule has 2 heterocycles. The highest BCUT2D eigenvalue weighted by Gasteiger charge is 2.18. The predicted molar refractivity (Wildman–Crippen MR) is 119 cm³/mol. The Hall–Kier alpha value is -3.24. The van der Waals surface area contributed by atoms with Gasteiger partial charge in [-0.25, -0.2) is 18.2 Å². The first-order valence-electron chi connectivity index (χ1n) is 9.23. The number of nitrogens with one attached hydrogen (secondary N) is 1. The zero-order valence-corrected chi connectivity index (χ0v) is 18.5. The van der Waals surface area contributed by atoms with E-state index in [1.54, 1.807) is 31.2 Å². The summed E-state index contributed by atoms with van der Waals surface area (Å²) in [6.45, 7) is 3.40. The standard InChI is InChI=1S/C21H18N2O6S2/c1-11-8-19(24)29-17-9-13(4-6-15(11)17)28-12(2)20(25)23-21-22-16-7-5-14(31(3,26)27)10-18(16)30-21/h4-10,12H,1-3H3,(H,22,23,25)/t12-/m1/s1. The van der Waals surface area contributed by atoms with Crippen LogP contribution in [0.4, 0.5) is 5.13 Å². The molecule has 0 bridgehead atoms. The first-order chi connectivity index (χ1) is 14.6. The number of thiazole rings is 1. The van der Waals surface area contributed by atoms with Crippen LogP contribution in [0.15, 0.2) is 56.6 Å². The summed E-state index contributed by atoms with van der Waals surface area (Å²) in [5, 5.41) is 3.80. The van der Waals surface area contributed by atoms with Crippen LogP contribution in [0.5, 0.6) is 5.75 Å². The summed E-state index contributed by atoms with van der Waals surface area (Å²) >= 11 is 1.17. The summed E-state index contributed by atoms with van der Waals surface area (Å²) in [6.07, 6.45) is 0.281. The Labute approximate surface area is 181 Å². The Kier molecular flexibility index (Phi) is 5.28. The highest BCUT2D eigenvalue weighted by atomic mass is 32.2. The van der Waals surface area contributed by atoms with Crippen LogP contribution < -0.4 is 15.7 Å². The molecular weight excluding hydrogens is 440 g/mol. The molecule has 0 saturated carbocycles. The third kappa shape index (κ3) is 4.44. The zero-order chi connectivity index (χ0) is 22.3. The predicted octanol–water partition coefficient (Wildman–Crippen LogP) is 3.52. The average Bonchev–Trinajstić information content (AvgIpc) is 3.08. The first kappa shape index (κ1) is 21.0. The van der Waals surface area contributed by atoms with Crippen molar-refractivity contribution in [2.45, 2.75) is 24.8 Å². The maximum Gasteiger partial charge on any atom is 0.336 e. The lowest BCUT2D eigenvalue weighted by molar-refractivity contribution is -0.122. The number of carbonyl (C=O) groups excluding carboxylic acids is 1. The molecule has 0 aliphatic rings. The van der Waals surface area contributed by atoms with Crippen molar-refractivity contribution in [3.8, 4) is 5.75 Å². The summed E-state index contributed by atoms with van der Waals surface area (Å²) in [7, 11) is -3.33. The first-order valence-corrected chi connectivity index (χ1v) is 11.9.